The third-order valence-electron chi connectivity index (χ3n) is 5.09. The van der Waals surface area contributed by atoms with E-state index in [1.165, 1.54) is 5.56 Å². The summed E-state index contributed by atoms with van der Waals surface area (Å²) in [7, 11) is 3.63. The summed E-state index contributed by atoms with van der Waals surface area (Å²) in [5.41, 5.74) is 9.64. The molecule has 4 rings (SSSR count). The molecule has 0 radical (unpaired) electrons. The number of carbonyl (C=O) groups is 1. The zero-order chi connectivity index (χ0) is 21.8. The molecule has 154 valence electrons. The molecular weight excluding hydrogens is 382 g/mol. The van der Waals surface area contributed by atoms with Crippen molar-refractivity contribution in [3.8, 4) is 28.1 Å². The Hall–Kier alpha value is -3.76. The van der Waals surface area contributed by atoms with Crippen molar-refractivity contribution in [2.75, 3.05) is 14.1 Å². The van der Waals surface area contributed by atoms with Gasteiger partial charge in [-0.3, -0.25) is 10.2 Å². The Labute approximate surface area is 183 Å². The van der Waals surface area contributed by atoms with Crippen LogP contribution in [-0.4, -0.2) is 25.0 Å². The van der Waals surface area contributed by atoms with E-state index in [-0.39, 0.29) is 5.91 Å². The van der Waals surface area contributed by atoms with Crippen LogP contribution in [0.3, 0.4) is 0 Å². The number of hydrazine groups is 1. The molecule has 0 spiro atoms. The number of pyridine rings is 1. The fourth-order valence-corrected chi connectivity index (χ4v) is 3.61. The Bertz CT molecular complexity index is 1180. The van der Waals surface area contributed by atoms with Gasteiger partial charge in [0.25, 0.3) is 5.69 Å². The lowest BCUT2D eigenvalue weighted by molar-refractivity contribution is -0.586. The monoisotopic (exact) mass is 408 g/mol. The minimum absolute atomic E-state index is 0.166. The Kier molecular flexibility index (Phi) is 5.92. The van der Waals surface area contributed by atoms with Crippen LogP contribution >= 0.6 is 0 Å². The molecule has 0 aliphatic carbocycles. The van der Waals surface area contributed by atoms with Crippen molar-refractivity contribution in [2.24, 2.45) is 0 Å². The number of benzene rings is 3. The molecule has 4 heteroatoms. The van der Waals surface area contributed by atoms with E-state index in [9.17, 15) is 4.79 Å². The summed E-state index contributed by atoms with van der Waals surface area (Å²) in [6, 6.07) is 32.7. The third kappa shape index (κ3) is 4.55. The number of nitrogens with one attached hydrogen (secondary N) is 1. The summed E-state index contributed by atoms with van der Waals surface area (Å²) >= 11 is 0. The van der Waals surface area contributed by atoms with Gasteiger partial charge in [0, 0.05) is 43.9 Å². The van der Waals surface area contributed by atoms with E-state index in [1.54, 1.807) is 5.01 Å². The average molecular weight is 409 g/mol. The van der Waals surface area contributed by atoms with Crippen LogP contribution in [0.1, 0.15) is 16.1 Å². The smallest absolute Gasteiger partial charge is 0.280 e. The summed E-state index contributed by atoms with van der Waals surface area (Å²) in [6.07, 6.45) is 0. The summed E-state index contributed by atoms with van der Waals surface area (Å²) in [5.74, 6) is -0.166. The summed E-state index contributed by atoms with van der Waals surface area (Å²) in [6.45, 7) is 2.06. The van der Waals surface area contributed by atoms with Crippen molar-refractivity contribution in [3.05, 3.63) is 108 Å². The van der Waals surface area contributed by atoms with Crippen molar-refractivity contribution in [1.29, 1.82) is 0 Å². The molecule has 0 saturated heterocycles. The zero-order valence-corrected chi connectivity index (χ0v) is 18.0. The molecule has 0 aliphatic heterocycles. The van der Waals surface area contributed by atoms with E-state index in [4.69, 9.17) is 0 Å². The standard InChI is InChI=1S/C27H25N3O/c1-20-14-16-24(17-15-20)30-25(22-12-8-5-9-13-22)18-23(21-10-6-4-7-11-21)19-26(30)27(31)28-29(2)3/h4-19H,1-3H3/p+1. The van der Waals surface area contributed by atoms with Crippen molar-refractivity contribution >= 4 is 5.91 Å². The second-order valence-electron chi connectivity index (χ2n) is 7.75. The predicted octanol–water partition coefficient (Wildman–Crippen LogP) is 4.81. The fraction of sp³-hybridized carbons (Fsp3) is 0.111. The van der Waals surface area contributed by atoms with Crippen LogP contribution in [0, 0.1) is 6.92 Å². The zero-order valence-electron chi connectivity index (χ0n) is 18.0. The van der Waals surface area contributed by atoms with Gasteiger partial charge in [0.15, 0.2) is 0 Å². The van der Waals surface area contributed by atoms with Gasteiger partial charge in [-0.05, 0) is 30.2 Å². The van der Waals surface area contributed by atoms with Crippen molar-refractivity contribution in [3.63, 3.8) is 0 Å². The highest BCUT2D eigenvalue weighted by molar-refractivity contribution is 5.92. The molecule has 31 heavy (non-hydrogen) atoms. The molecule has 1 N–H and O–H groups in total. The number of carbonyl (C=O) groups excluding carboxylic acids is 1. The number of nitrogens with zero attached hydrogens (tertiary/aromatic N) is 2. The predicted molar refractivity (Wildman–Crippen MR) is 125 cm³/mol. The first-order valence-electron chi connectivity index (χ1n) is 10.3. The molecule has 0 aliphatic rings. The Morgan fingerprint density at radius 1 is 0.742 bits per heavy atom. The lowest BCUT2D eigenvalue weighted by atomic mass is 10.0. The van der Waals surface area contributed by atoms with Crippen molar-refractivity contribution in [2.45, 2.75) is 6.92 Å². The van der Waals surface area contributed by atoms with Crippen molar-refractivity contribution < 1.29 is 9.36 Å². The maximum atomic E-state index is 13.3. The van der Waals surface area contributed by atoms with Crippen LogP contribution in [0.5, 0.6) is 0 Å². The van der Waals surface area contributed by atoms with Crippen LogP contribution in [0.2, 0.25) is 0 Å². The van der Waals surface area contributed by atoms with Gasteiger partial charge in [-0.2, -0.15) is 0 Å². The maximum absolute atomic E-state index is 13.3. The maximum Gasteiger partial charge on any atom is 0.330 e. The molecule has 1 aromatic heterocycles. The lowest BCUT2D eigenvalue weighted by Gasteiger charge is -2.14. The Morgan fingerprint density at radius 3 is 1.90 bits per heavy atom. The quantitative estimate of drug-likeness (QED) is 0.380. The Balaban J connectivity index is 2.04. The number of hydrogen-bond acceptors (Lipinski definition) is 2. The molecule has 3 aromatic carbocycles. The first-order valence-corrected chi connectivity index (χ1v) is 10.3. The number of aromatic nitrogens is 1. The molecule has 0 bridgehead atoms. The van der Waals surface area contributed by atoms with Gasteiger partial charge in [-0.1, -0.05) is 66.2 Å². The van der Waals surface area contributed by atoms with E-state index in [0.717, 1.165) is 28.1 Å². The van der Waals surface area contributed by atoms with Crippen LogP contribution in [-0.2, 0) is 0 Å². The summed E-state index contributed by atoms with van der Waals surface area (Å²) in [5, 5.41) is 1.67. The van der Waals surface area contributed by atoms with E-state index in [0.29, 0.717) is 5.69 Å². The minimum atomic E-state index is -0.166. The van der Waals surface area contributed by atoms with Crippen LogP contribution in [0.15, 0.2) is 97.1 Å². The molecule has 4 nitrogen and oxygen atoms in total. The van der Waals surface area contributed by atoms with Crippen LogP contribution < -0.4 is 9.99 Å². The van der Waals surface area contributed by atoms with Gasteiger partial charge >= 0.3 is 5.91 Å². The normalized spacial score (nSPS) is 10.8. The van der Waals surface area contributed by atoms with E-state index in [2.05, 4.69) is 66.9 Å². The molecular formula is C27H26N3O+. The fourth-order valence-electron chi connectivity index (χ4n) is 3.61. The molecule has 0 fully saturated rings. The first kappa shape index (κ1) is 20.5. The molecule has 0 atom stereocenters. The van der Waals surface area contributed by atoms with Crippen LogP contribution in [0.4, 0.5) is 0 Å². The highest BCUT2D eigenvalue weighted by atomic mass is 16.2. The van der Waals surface area contributed by atoms with Crippen molar-refractivity contribution in [1.82, 2.24) is 10.4 Å². The second kappa shape index (κ2) is 8.94. The highest BCUT2D eigenvalue weighted by Crippen LogP contribution is 2.26. The van der Waals surface area contributed by atoms with Gasteiger partial charge in [-0.15, -0.1) is 4.57 Å². The largest absolute Gasteiger partial charge is 0.330 e. The number of rotatable bonds is 5. The number of amides is 1. The first-order chi connectivity index (χ1) is 15.0. The van der Waals surface area contributed by atoms with Gasteiger partial charge in [0.05, 0.1) is 0 Å². The topological polar surface area (TPSA) is 36.2 Å². The van der Waals surface area contributed by atoms with Gasteiger partial charge in [0.1, 0.15) is 0 Å². The third-order valence-corrected chi connectivity index (χ3v) is 5.09. The summed E-state index contributed by atoms with van der Waals surface area (Å²) < 4.78 is 2.03. The summed E-state index contributed by atoms with van der Waals surface area (Å²) in [4.78, 5) is 13.3. The Morgan fingerprint density at radius 2 is 1.32 bits per heavy atom. The molecule has 4 aromatic rings. The number of hydrogen-bond donors (Lipinski definition) is 1. The van der Waals surface area contributed by atoms with E-state index < -0.39 is 0 Å². The molecule has 1 heterocycles. The average Bonchev–Trinajstić information content (AvgIpc) is 2.79. The molecule has 0 unspecified atom stereocenters. The molecule has 1 amide bonds. The van der Waals surface area contributed by atoms with Crippen LogP contribution in [0.25, 0.3) is 28.1 Å². The van der Waals surface area contributed by atoms with Gasteiger partial charge in [0.2, 0.25) is 11.4 Å². The SMILES string of the molecule is Cc1ccc(-[n+]2c(C(=O)NN(C)C)cc(-c3ccccc3)cc2-c2ccccc2)cc1. The van der Waals surface area contributed by atoms with E-state index in [1.807, 2.05) is 61.1 Å². The highest BCUT2D eigenvalue weighted by Gasteiger charge is 2.28. The lowest BCUT2D eigenvalue weighted by Crippen LogP contribution is -2.46. The van der Waals surface area contributed by atoms with Gasteiger partial charge in [-0.25, -0.2) is 5.01 Å². The molecule has 0 saturated carbocycles. The van der Waals surface area contributed by atoms with E-state index >= 15 is 0 Å². The second-order valence-corrected chi connectivity index (χ2v) is 7.75. The number of aryl methyl sites for hydroxylation is 1. The minimum Gasteiger partial charge on any atom is -0.280 e. The van der Waals surface area contributed by atoms with Gasteiger partial charge < -0.3 is 0 Å².